The van der Waals surface area contributed by atoms with E-state index >= 15 is 0 Å². The molecule has 0 bridgehead atoms. The zero-order valence-electron chi connectivity index (χ0n) is 12.5. The van der Waals surface area contributed by atoms with Crippen LogP contribution in [0.4, 0.5) is 5.13 Å². The average Bonchev–Trinajstić information content (AvgIpc) is 2.94. The van der Waals surface area contributed by atoms with Crippen molar-refractivity contribution in [3.8, 4) is 5.75 Å². The lowest BCUT2D eigenvalue weighted by molar-refractivity contribution is 0.102. The van der Waals surface area contributed by atoms with Crippen molar-refractivity contribution in [1.82, 2.24) is 4.98 Å². The SMILES string of the molecule is CCCOc1ccc2nc(NC(=O)c3ccccc3Cl)sc2c1. The van der Waals surface area contributed by atoms with Crippen LogP contribution in [0.5, 0.6) is 5.75 Å². The second kappa shape index (κ2) is 6.98. The van der Waals surface area contributed by atoms with Crippen LogP contribution < -0.4 is 10.1 Å². The van der Waals surface area contributed by atoms with Gasteiger partial charge in [0, 0.05) is 0 Å². The number of nitrogens with one attached hydrogen (secondary N) is 1. The zero-order valence-corrected chi connectivity index (χ0v) is 14.1. The summed E-state index contributed by atoms with van der Waals surface area (Å²) in [6, 6.07) is 12.6. The molecule has 0 aliphatic heterocycles. The number of anilines is 1. The van der Waals surface area contributed by atoms with Crippen molar-refractivity contribution in [3.63, 3.8) is 0 Å². The lowest BCUT2D eigenvalue weighted by Gasteiger charge is -2.03. The Hall–Kier alpha value is -2.11. The van der Waals surface area contributed by atoms with Crippen LogP contribution in [0.25, 0.3) is 10.2 Å². The highest BCUT2D eigenvalue weighted by Gasteiger charge is 2.12. The monoisotopic (exact) mass is 346 g/mol. The highest BCUT2D eigenvalue weighted by molar-refractivity contribution is 7.22. The molecule has 118 valence electrons. The zero-order chi connectivity index (χ0) is 16.2. The Kier molecular flexibility index (Phi) is 4.79. The summed E-state index contributed by atoms with van der Waals surface area (Å²) in [5, 5.41) is 3.75. The molecule has 2 aromatic carbocycles. The molecule has 0 saturated heterocycles. The molecule has 1 aromatic heterocycles. The van der Waals surface area contributed by atoms with Crippen molar-refractivity contribution < 1.29 is 9.53 Å². The third-order valence-electron chi connectivity index (χ3n) is 3.17. The molecule has 4 nitrogen and oxygen atoms in total. The number of hydrogen-bond acceptors (Lipinski definition) is 4. The number of rotatable bonds is 5. The Morgan fingerprint density at radius 1 is 1.30 bits per heavy atom. The van der Waals surface area contributed by atoms with Gasteiger partial charge in [-0.1, -0.05) is 42.0 Å². The van der Waals surface area contributed by atoms with Gasteiger partial charge < -0.3 is 4.74 Å². The highest BCUT2D eigenvalue weighted by Crippen LogP contribution is 2.30. The number of ether oxygens (including phenoxy) is 1. The van der Waals surface area contributed by atoms with Gasteiger partial charge in [-0.2, -0.15) is 0 Å². The van der Waals surface area contributed by atoms with Crippen LogP contribution in [0, 0.1) is 0 Å². The number of carbonyl (C=O) groups is 1. The maximum absolute atomic E-state index is 12.3. The first-order valence-electron chi connectivity index (χ1n) is 7.26. The minimum atomic E-state index is -0.267. The van der Waals surface area contributed by atoms with Gasteiger partial charge in [0.1, 0.15) is 5.75 Å². The van der Waals surface area contributed by atoms with Crippen molar-refractivity contribution >= 4 is 44.2 Å². The second-order valence-electron chi connectivity index (χ2n) is 4.93. The van der Waals surface area contributed by atoms with E-state index in [9.17, 15) is 4.79 Å². The van der Waals surface area contributed by atoms with Gasteiger partial charge in [0.15, 0.2) is 5.13 Å². The third-order valence-corrected chi connectivity index (χ3v) is 4.43. The molecule has 3 rings (SSSR count). The van der Waals surface area contributed by atoms with Gasteiger partial charge >= 0.3 is 0 Å². The Morgan fingerprint density at radius 3 is 2.91 bits per heavy atom. The Morgan fingerprint density at radius 2 is 2.13 bits per heavy atom. The van der Waals surface area contributed by atoms with Crippen molar-refractivity contribution in [2.24, 2.45) is 0 Å². The third kappa shape index (κ3) is 3.63. The molecule has 1 amide bonds. The molecule has 0 fully saturated rings. The van der Waals surface area contributed by atoms with Crippen LogP contribution in [0.15, 0.2) is 42.5 Å². The fraction of sp³-hybridized carbons (Fsp3) is 0.176. The Labute approximate surface area is 143 Å². The number of carbonyl (C=O) groups excluding carboxylic acids is 1. The van der Waals surface area contributed by atoms with Gasteiger partial charge in [-0.25, -0.2) is 4.98 Å². The molecule has 0 aliphatic carbocycles. The van der Waals surface area contributed by atoms with Crippen molar-refractivity contribution in [1.29, 1.82) is 0 Å². The number of hydrogen-bond donors (Lipinski definition) is 1. The number of nitrogens with zero attached hydrogens (tertiary/aromatic N) is 1. The maximum Gasteiger partial charge on any atom is 0.258 e. The van der Waals surface area contributed by atoms with Gasteiger partial charge in [-0.3, -0.25) is 10.1 Å². The summed E-state index contributed by atoms with van der Waals surface area (Å²) in [5.41, 5.74) is 1.26. The number of aromatic nitrogens is 1. The summed E-state index contributed by atoms with van der Waals surface area (Å²) >= 11 is 7.45. The minimum absolute atomic E-state index is 0.267. The fourth-order valence-electron chi connectivity index (χ4n) is 2.08. The van der Waals surface area contributed by atoms with Crippen molar-refractivity contribution in [2.45, 2.75) is 13.3 Å². The summed E-state index contributed by atoms with van der Waals surface area (Å²) in [5.74, 6) is 0.545. The van der Waals surface area contributed by atoms with Crippen LogP contribution in [-0.2, 0) is 0 Å². The van der Waals surface area contributed by atoms with Gasteiger partial charge in [0.05, 0.1) is 27.4 Å². The van der Waals surface area contributed by atoms with Crippen molar-refractivity contribution in [2.75, 3.05) is 11.9 Å². The molecule has 1 N–H and O–H groups in total. The van der Waals surface area contributed by atoms with Crippen LogP contribution in [-0.4, -0.2) is 17.5 Å². The summed E-state index contributed by atoms with van der Waals surface area (Å²) in [6.45, 7) is 2.74. The van der Waals surface area contributed by atoms with E-state index in [-0.39, 0.29) is 5.91 Å². The number of thiazole rings is 1. The Bertz CT molecular complexity index is 847. The van der Waals surface area contributed by atoms with Crippen LogP contribution in [0.1, 0.15) is 23.7 Å². The summed E-state index contributed by atoms with van der Waals surface area (Å²) < 4.78 is 6.58. The van der Waals surface area contributed by atoms with E-state index in [2.05, 4.69) is 17.2 Å². The number of fused-ring (bicyclic) bond motifs is 1. The molecule has 6 heteroatoms. The maximum atomic E-state index is 12.3. The van der Waals surface area contributed by atoms with Gasteiger partial charge in [0.2, 0.25) is 0 Å². The molecule has 1 heterocycles. The lowest BCUT2D eigenvalue weighted by Crippen LogP contribution is -2.11. The quantitative estimate of drug-likeness (QED) is 0.708. The fourth-order valence-corrected chi connectivity index (χ4v) is 3.19. The molecular weight excluding hydrogens is 332 g/mol. The van der Waals surface area contributed by atoms with E-state index in [0.29, 0.717) is 22.3 Å². The number of halogens is 1. The van der Waals surface area contributed by atoms with E-state index < -0.39 is 0 Å². The second-order valence-corrected chi connectivity index (χ2v) is 6.37. The van der Waals surface area contributed by atoms with Gasteiger partial charge in [-0.15, -0.1) is 0 Å². The first kappa shape index (κ1) is 15.8. The lowest BCUT2D eigenvalue weighted by atomic mass is 10.2. The van der Waals surface area contributed by atoms with Gasteiger partial charge in [0.25, 0.3) is 5.91 Å². The summed E-state index contributed by atoms with van der Waals surface area (Å²) in [7, 11) is 0. The first-order chi connectivity index (χ1) is 11.2. The standard InChI is InChI=1S/C17H15ClN2O2S/c1-2-9-22-11-7-8-14-15(10-11)23-17(19-14)20-16(21)12-5-3-4-6-13(12)18/h3-8,10H,2,9H2,1H3,(H,19,20,21). The van der Waals surface area contributed by atoms with Crippen molar-refractivity contribution in [3.05, 3.63) is 53.1 Å². The van der Waals surface area contributed by atoms with Crippen LogP contribution in [0.3, 0.4) is 0 Å². The topological polar surface area (TPSA) is 51.2 Å². The Balaban J connectivity index is 1.80. The van der Waals surface area contributed by atoms with E-state index in [4.69, 9.17) is 16.3 Å². The molecule has 23 heavy (non-hydrogen) atoms. The van der Waals surface area contributed by atoms with Gasteiger partial charge in [-0.05, 0) is 36.8 Å². The normalized spacial score (nSPS) is 10.7. The van der Waals surface area contributed by atoms with E-state index in [0.717, 1.165) is 22.4 Å². The van der Waals surface area contributed by atoms with Crippen LogP contribution >= 0.6 is 22.9 Å². The molecule has 0 radical (unpaired) electrons. The predicted molar refractivity (Wildman–Crippen MR) is 94.8 cm³/mol. The predicted octanol–water partition coefficient (Wildman–Crippen LogP) is 4.99. The average molecular weight is 347 g/mol. The number of benzene rings is 2. The molecule has 0 aliphatic rings. The largest absolute Gasteiger partial charge is 0.494 e. The molecule has 0 spiro atoms. The smallest absolute Gasteiger partial charge is 0.258 e. The number of amides is 1. The molecule has 0 unspecified atom stereocenters. The molecule has 0 atom stereocenters. The molecule has 0 saturated carbocycles. The molecular formula is C17H15ClN2O2S. The minimum Gasteiger partial charge on any atom is -0.494 e. The first-order valence-corrected chi connectivity index (χ1v) is 8.46. The summed E-state index contributed by atoms with van der Waals surface area (Å²) in [6.07, 6.45) is 0.958. The highest BCUT2D eigenvalue weighted by atomic mass is 35.5. The van der Waals surface area contributed by atoms with E-state index in [1.807, 2.05) is 18.2 Å². The van der Waals surface area contributed by atoms with Crippen LogP contribution in [0.2, 0.25) is 5.02 Å². The van der Waals surface area contributed by atoms with E-state index in [1.54, 1.807) is 24.3 Å². The van der Waals surface area contributed by atoms with E-state index in [1.165, 1.54) is 11.3 Å². The summed E-state index contributed by atoms with van der Waals surface area (Å²) in [4.78, 5) is 16.7. The molecule has 3 aromatic rings.